The van der Waals surface area contributed by atoms with Crippen LogP contribution in [0.4, 0.5) is 13.2 Å². The number of ether oxygens (including phenoxy) is 1. The van der Waals surface area contributed by atoms with Crippen LogP contribution in [-0.2, 0) is 13.1 Å². The highest BCUT2D eigenvalue weighted by atomic mass is 19.4. The highest BCUT2D eigenvalue weighted by molar-refractivity contribution is 5.27. The van der Waals surface area contributed by atoms with Crippen LogP contribution in [0.15, 0.2) is 36.9 Å². The Morgan fingerprint density at radius 3 is 2.59 bits per heavy atom. The molecular weight excluding hydrogens is 297 g/mol. The number of hydrogen-bond donors (Lipinski definition) is 1. The summed E-state index contributed by atoms with van der Waals surface area (Å²) in [5, 5.41) is 7.32. The van der Waals surface area contributed by atoms with Gasteiger partial charge in [-0.1, -0.05) is 12.1 Å². The predicted octanol–water partition coefficient (Wildman–Crippen LogP) is 2.40. The number of hydrogen-bond acceptors (Lipinski definition) is 4. The SMILES string of the molecule is CC(Cn1cncn1)NCc1ccc(OCC(F)(F)F)cc1. The molecule has 2 aromatic rings. The Morgan fingerprint density at radius 1 is 1.27 bits per heavy atom. The largest absolute Gasteiger partial charge is 0.484 e. The van der Waals surface area contributed by atoms with Gasteiger partial charge in [0.05, 0.1) is 6.54 Å². The third-order valence-electron chi connectivity index (χ3n) is 2.91. The summed E-state index contributed by atoms with van der Waals surface area (Å²) < 4.78 is 42.5. The fraction of sp³-hybridized carbons (Fsp3) is 0.429. The molecule has 0 radical (unpaired) electrons. The summed E-state index contributed by atoms with van der Waals surface area (Å²) in [5.41, 5.74) is 0.963. The second-order valence-corrected chi connectivity index (χ2v) is 4.95. The lowest BCUT2D eigenvalue weighted by Gasteiger charge is -2.14. The quantitative estimate of drug-likeness (QED) is 0.852. The van der Waals surface area contributed by atoms with Gasteiger partial charge in [-0.2, -0.15) is 18.3 Å². The van der Waals surface area contributed by atoms with E-state index in [0.29, 0.717) is 13.1 Å². The molecule has 0 saturated heterocycles. The molecule has 8 heteroatoms. The van der Waals surface area contributed by atoms with Gasteiger partial charge in [-0.05, 0) is 24.6 Å². The van der Waals surface area contributed by atoms with Crippen LogP contribution in [0.5, 0.6) is 5.75 Å². The second kappa shape index (κ2) is 7.26. The van der Waals surface area contributed by atoms with E-state index in [1.54, 1.807) is 23.1 Å². The number of alkyl halides is 3. The summed E-state index contributed by atoms with van der Waals surface area (Å²) >= 11 is 0. The van der Waals surface area contributed by atoms with Crippen LogP contribution >= 0.6 is 0 Å². The Morgan fingerprint density at radius 2 is 2.00 bits per heavy atom. The molecule has 5 nitrogen and oxygen atoms in total. The molecule has 0 bridgehead atoms. The van der Waals surface area contributed by atoms with Gasteiger partial charge in [0.2, 0.25) is 0 Å². The molecule has 2 rings (SSSR count). The molecule has 1 aromatic carbocycles. The first-order chi connectivity index (χ1) is 10.4. The lowest BCUT2D eigenvalue weighted by molar-refractivity contribution is -0.153. The number of rotatable bonds is 7. The Kier molecular flexibility index (Phi) is 5.37. The van der Waals surface area contributed by atoms with E-state index >= 15 is 0 Å². The van der Waals surface area contributed by atoms with Crippen LogP contribution in [0, 0.1) is 0 Å². The Bertz CT molecular complexity index is 554. The van der Waals surface area contributed by atoms with Gasteiger partial charge in [0.25, 0.3) is 0 Å². The topological polar surface area (TPSA) is 52.0 Å². The zero-order valence-corrected chi connectivity index (χ0v) is 12.0. The van der Waals surface area contributed by atoms with Crippen molar-refractivity contribution in [2.75, 3.05) is 6.61 Å². The van der Waals surface area contributed by atoms with E-state index in [0.717, 1.165) is 5.56 Å². The molecule has 0 spiro atoms. The molecule has 1 unspecified atom stereocenters. The van der Waals surface area contributed by atoms with Gasteiger partial charge < -0.3 is 10.1 Å². The molecule has 0 aliphatic heterocycles. The van der Waals surface area contributed by atoms with Gasteiger partial charge in [0.1, 0.15) is 18.4 Å². The van der Waals surface area contributed by atoms with Crippen molar-refractivity contribution < 1.29 is 17.9 Å². The summed E-state index contributed by atoms with van der Waals surface area (Å²) in [7, 11) is 0. The van der Waals surface area contributed by atoms with Crippen LogP contribution in [0.25, 0.3) is 0 Å². The summed E-state index contributed by atoms with van der Waals surface area (Å²) in [6.07, 6.45) is -1.20. The molecule has 0 amide bonds. The summed E-state index contributed by atoms with van der Waals surface area (Å²) in [4.78, 5) is 3.87. The van der Waals surface area contributed by atoms with Gasteiger partial charge >= 0.3 is 6.18 Å². The lowest BCUT2D eigenvalue weighted by Crippen LogP contribution is -2.30. The fourth-order valence-corrected chi connectivity index (χ4v) is 1.83. The van der Waals surface area contributed by atoms with Crippen molar-refractivity contribution in [1.29, 1.82) is 0 Å². The molecule has 0 aliphatic carbocycles. The van der Waals surface area contributed by atoms with Crippen molar-refractivity contribution in [3.63, 3.8) is 0 Å². The molecule has 22 heavy (non-hydrogen) atoms. The van der Waals surface area contributed by atoms with Crippen molar-refractivity contribution in [1.82, 2.24) is 20.1 Å². The minimum Gasteiger partial charge on any atom is -0.484 e. The minimum atomic E-state index is -4.32. The maximum Gasteiger partial charge on any atom is 0.422 e. The van der Waals surface area contributed by atoms with E-state index in [-0.39, 0.29) is 11.8 Å². The molecule has 120 valence electrons. The first-order valence-corrected chi connectivity index (χ1v) is 6.77. The highest BCUT2D eigenvalue weighted by Crippen LogP contribution is 2.18. The molecule has 0 fully saturated rings. The number of nitrogens with one attached hydrogen (secondary N) is 1. The zero-order chi connectivity index (χ0) is 16.0. The summed E-state index contributed by atoms with van der Waals surface area (Å²) in [5.74, 6) is 0.205. The highest BCUT2D eigenvalue weighted by Gasteiger charge is 2.28. The van der Waals surface area contributed by atoms with Crippen LogP contribution in [0.1, 0.15) is 12.5 Å². The van der Waals surface area contributed by atoms with Gasteiger partial charge in [0.15, 0.2) is 6.61 Å². The zero-order valence-electron chi connectivity index (χ0n) is 12.0. The van der Waals surface area contributed by atoms with Crippen molar-refractivity contribution in [2.24, 2.45) is 0 Å². The Balaban J connectivity index is 1.76. The molecular formula is C14H17F3N4O. The van der Waals surface area contributed by atoms with Gasteiger partial charge in [-0.15, -0.1) is 0 Å². The maximum atomic E-state index is 12.0. The van der Waals surface area contributed by atoms with Gasteiger partial charge in [-0.25, -0.2) is 4.98 Å². The van der Waals surface area contributed by atoms with E-state index in [1.807, 2.05) is 6.92 Å². The van der Waals surface area contributed by atoms with Crippen LogP contribution in [0.3, 0.4) is 0 Å². The summed E-state index contributed by atoms with van der Waals surface area (Å²) in [6, 6.07) is 6.72. The van der Waals surface area contributed by atoms with E-state index in [9.17, 15) is 13.2 Å². The predicted molar refractivity (Wildman–Crippen MR) is 74.3 cm³/mol. The molecule has 1 N–H and O–H groups in total. The number of nitrogens with zero attached hydrogens (tertiary/aromatic N) is 3. The van der Waals surface area contributed by atoms with E-state index < -0.39 is 12.8 Å². The third-order valence-corrected chi connectivity index (χ3v) is 2.91. The molecule has 1 aromatic heterocycles. The first kappa shape index (κ1) is 16.3. The Hall–Kier alpha value is -2.09. The minimum absolute atomic E-state index is 0.183. The third kappa shape index (κ3) is 5.72. The van der Waals surface area contributed by atoms with Crippen molar-refractivity contribution in [2.45, 2.75) is 32.2 Å². The fourth-order valence-electron chi connectivity index (χ4n) is 1.83. The molecule has 1 heterocycles. The number of aromatic nitrogens is 3. The van der Waals surface area contributed by atoms with E-state index in [4.69, 9.17) is 0 Å². The normalized spacial score (nSPS) is 13.1. The smallest absolute Gasteiger partial charge is 0.422 e. The molecule has 0 saturated carbocycles. The first-order valence-electron chi connectivity index (χ1n) is 6.77. The average molecular weight is 314 g/mol. The van der Waals surface area contributed by atoms with E-state index in [2.05, 4.69) is 20.1 Å². The van der Waals surface area contributed by atoms with Crippen molar-refractivity contribution in [3.05, 3.63) is 42.5 Å². The van der Waals surface area contributed by atoms with Crippen LogP contribution in [0.2, 0.25) is 0 Å². The lowest BCUT2D eigenvalue weighted by atomic mass is 10.2. The molecule has 0 aliphatic rings. The van der Waals surface area contributed by atoms with Crippen LogP contribution < -0.4 is 10.1 Å². The van der Waals surface area contributed by atoms with E-state index in [1.165, 1.54) is 18.5 Å². The van der Waals surface area contributed by atoms with Gasteiger partial charge in [-0.3, -0.25) is 4.68 Å². The van der Waals surface area contributed by atoms with Crippen LogP contribution in [-0.4, -0.2) is 33.6 Å². The maximum absolute atomic E-state index is 12.0. The monoisotopic (exact) mass is 314 g/mol. The number of benzene rings is 1. The Labute approximate surface area is 126 Å². The van der Waals surface area contributed by atoms with Crippen molar-refractivity contribution in [3.8, 4) is 5.75 Å². The number of halogens is 3. The van der Waals surface area contributed by atoms with Gasteiger partial charge in [0, 0.05) is 12.6 Å². The summed E-state index contributed by atoms with van der Waals surface area (Å²) in [6.45, 7) is 2.03. The second-order valence-electron chi connectivity index (χ2n) is 4.95. The standard InChI is InChI=1S/C14H17F3N4O/c1-11(7-21-10-18-9-20-21)19-6-12-2-4-13(5-3-12)22-8-14(15,16)17/h2-5,9-11,19H,6-8H2,1H3. The molecule has 1 atom stereocenters. The van der Waals surface area contributed by atoms with Crippen molar-refractivity contribution >= 4 is 0 Å². The average Bonchev–Trinajstić information content (AvgIpc) is 2.96.